The van der Waals surface area contributed by atoms with E-state index in [2.05, 4.69) is 9.97 Å². The number of benzene rings is 2. The Hall–Kier alpha value is -3.18. The molecule has 0 aliphatic rings. The molecule has 0 unspecified atom stereocenters. The number of Topliss-reactive ketones (excluding diaryl/α,β-unsaturated/α-hetero) is 1. The van der Waals surface area contributed by atoms with Gasteiger partial charge in [-0.25, -0.2) is 4.98 Å². The molecule has 0 bridgehead atoms. The molecule has 0 amide bonds. The van der Waals surface area contributed by atoms with Gasteiger partial charge in [-0.3, -0.25) is 4.79 Å². The number of para-hydroxylation sites is 1. The number of carbonyl (C=O) groups excluding carboxylic acids is 1. The minimum absolute atomic E-state index is 0.124. The predicted octanol–water partition coefficient (Wildman–Crippen LogP) is 5.59. The van der Waals surface area contributed by atoms with Crippen molar-refractivity contribution in [2.24, 2.45) is 0 Å². The van der Waals surface area contributed by atoms with Crippen molar-refractivity contribution >= 4 is 38.2 Å². The third-order valence-corrected chi connectivity index (χ3v) is 5.61. The van der Waals surface area contributed by atoms with Crippen molar-refractivity contribution in [3.8, 4) is 6.07 Å². The number of fused-ring (bicyclic) bond motifs is 2. The molecule has 1 N–H and O–H groups in total. The number of nitrogens with zero attached hydrogens (tertiary/aromatic N) is 2. The number of rotatable bonds is 3. The van der Waals surface area contributed by atoms with E-state index < -0.39 is 23.4 Å². The van der Waals surface area contributed by atoms with E-state index in [4.69, 9.17) is 0 Å². The molecular weight excluding hydrogens is 387 g/mol. The van der Waals surface area contributed by atoms with Crippen LogP contribution in [0.3, 0.4) is 0 Å². The Labute approximate surface area is 161 Å². The van der Waals surface area contributed by atoms with E-state index in [0.29, 0.717) is 21.3 Å². The molecule has 4 aromatic rings. The molecule has 28 heavy (non-hydrogen) atoms. The monoisotopic (exact) mass is 399 g/mol. The van der Waals surface area contributed by atoms with Crippen LogP contribution in [0.5, 0.6) is 0 Å². The van der Waals surface area contributed by atoms with E-state index >= 15 is 0 Å². The van der Waals surface area contributed by atoms with Crippen molar-refractivity contribution in [2.75, 3.05) is 0 Å². The van der Waals surface area contributed by atoms with Gasteiger partial charge in [-0.05, 0) is 31.2 Å². The summed E-state index contributed by atoms with van der Waals surface area (Å²) in [6, 6.07) is 12.4. The average molecular weight is 399 g/mol. The molecule has 2 aromatic heterocycles. The molecule has 0 radical (unpaired) electrons. The first kappa shape index (κ1) is 18.2. The number of H-pyrrole nitrogens is 1. The number of hydrogen-bond donors (Lipinski definition) is 1. The van der Waals surface area contributed by atoms with Crippen LogP contribution in [0.1, 0.15) is 32.5 Å². The van der Waals surface area contributed by atoms with Crippen molar-refractivity contribution in [1.29, 1.82) is 5.26 Å². The third kappa shape index (κ3) is 2.94. The Kier molecular flexibility index (Phi) is 4.20. The van der Waals surface area contributed by atoms with E-state index in [1.807, 2.05) is 18.2 Å². The molecule has 0 saturated carbocycles. The summed E-state index contributed by atoms with van der Waals surface area (Å²) >= 11 is 1.05. The second-order valence-corrected chi connectivity index (χ2v) is 7.39. The van der Waals surface area contributed by atoms with Crippen LogP contribution in [-0.4, -0.2) is 15.8 Å². The van der Waals surface area contributed by atoms with Crippen molar-refractivity contribution in [3.05, 3.63) is 64.3 Å². The van der Waals surface area contributed by atoms with Crippen LogP contribution in [0, 0.1) is 18.3 Å². The summed E-state index contributed by atoms with van der Waals surface area (Å²) in [5, 5.41) is 10.5. The quantitative estimate of drug-likeness (QED) is 0.456. The molecule has 2 aromatic carbocycles. The standard InChI is InChI=1S/C20H12F3N3OS/c1-10-17(12-4-2-3-5-14(12)25-10)18(27)13(9-24)19-26-15-8-11(20(21,22)23)6-7-16(15)28-19/h2-8,13,25H,1H3/t13-/m1/s1. The Bertz CT molecular complexity index is 1260. The molecule has 4 rings (SSSR count). The van der Waals surface area contributed by atoms with Gasteiger partial charge in [0.15, 0.2) is 11.7 Å². The number of halogens is 3. The van der Waals surface area contributed by atoms with Crippen LogP contribution in [-0.2, 0) is 6.18 Å². The van der Waals surface area contributed by atoms with Crippen molar-refractivity contribution < 1.29 is 18.0 Å². The van der Waals surface area contributed by atoms with Crippen LogP contribution < -0.4 is 0 Å². The van der Waals surface area contributed by atoms with Crippen LogP contribution in [0.2, 0.25) is 0 Å². The summed E-state index contributed by atoms with van der Waals surface area (Å²) < 4.78 is 39.3. The number of thiazole rings is 1. The molecule has 4 nitrogen and oxygen atoms in total. The molecule has 0 saturated heterocycles. The van der Waals surface area contributed by atoms with E-state index in [-0.39, 0.29) is 10.5 Å². The lowest BCUT2D eigenvalue weighted by Crippen LogP contribution is -2.12. The highest BCUT2D eigenvalue weighted by molar-refractivity contribution is 7.18. The third-order valence-electron chi connectivity index (χ3n) is 4.51. The molecule has 0 spiro atoms. The topological polar surface area (TPSA) is 69.5 Å². The van der Waals surface area contributed by atoms with Gasteiger partial charge in [-0.1, -0.05) is 18.2 Å². The van der Waals surface area contributed by atoms with Gasteiger partial charge < -0.3 is 4.98 Å². The second kappa shape index (κ2) is 6.46. The zero-order valence-electron chi connectivity index (χ0n) is 14.5. The van der Waals surface area contributed by atoms with Gasteiger partial charge >= 0.3 is 6.18 Å². The molecule has 8 heteroatoms. The number of nitrogens with one attached hydrogen (secondary N) is 1. The van der Waals surface area contributed by atoms with Crippen LogP contribution in [0.4, 0.5) is 13.2 Å². The first-order valence-electron chi connectivity index (χ1n) is 8.28. The lowest BCUT2D eigenvalue weighted by atomic mass is 9.97. The Morgan fingerprint density at radius 1 is 1.25 bits per heavy atom. The van der Waals surface area contributed by atoms with Gasteiger partial charge in [0.2, 0.25) is 0 Å². The van der Waals surface area contributed by atoms with Crippen LogP contribution >= 0.6 is 11.3 Å². The number of nitriles is 1. The fourth-order valence-electron chi connectivity index (χ4n) is 3.21. The molecule has 0 aliphatic carbocycles. The zero-order valence-corrected chi connectivity index (χ0v) is 15.3. The molecule has 2 heterocycles. The summed E-state index contributed by atoms with van der Waals surface area (Å²) in [5.41, 5.74) is 1.12. The number of carbonyl (C=O) groups is 1. The summed E-state index contributed by atoms with van der Waals surface area (Å²) in [6.45, 7) is 1.75. The van der Waals surface area contributed by atoms with E-state index in [1.54, 1.807) is 19.1 Å². The van der Waals surface area contributed by atoms with Gasteiger partial charge in [-0.15, -0.1) is 11.3 Å². The molecule has 0 fully saturated rings. The van der Waals surface area contributed by atoms with Crippen molar-refractivity contribution in [2.45, 2.75) is 19.0 Å². The van der Waals surface area contributed by atoms with E-state index in [0.717, 1.165) is 29.0 Å². The lowest BCUT2D eigenvalue weighted by Gasteiger charge is -2.05. The first-order valence-corrected chi connectivity index (χ1v) is 9.10. The number of aryl methyl sites for hydroxylation is 1. The maximum absolute atomic E-state index is 13.1. The minimum Gasteiger partial charge on any atom is -0.358 e. The number of hydrogen-bond acceptors (Lipinski definition) is 4. The molecule has 1 atom stereocenters. The largest absolute Gasteiger partial charge is 0.416 e. The molecule has 140 valence electrons. The maximum Gasteiger partial charge on any atom is 0.416 e. The van der Waals surface area contributed by atoms with E-state index in [1.165, 1.54) is 6.07 Å². The maximum atomic E-state index is 13.1. The van der Waals surface area contributed by atoms with Gasteiger partial charge in [0, 0.05) is 22.2 Å². The molecular formula is C20H12F3N3OS. The average Bonchev–Trinajstić information content (AvgIpc) is 3.20. The van der Waals surface area contributed by atoms with E-state index in [9.17, 15) is 23.2 Å². The van der Waals surface area contributed by atoms with Gasteiger partial charge in [0.1, 0.15) is 5.01 Å². The van der Waals surface area contributed by atoms with Crippen molar-refractivity contribution in [1.82, 2.24) is 9.97 Å². The van der Waals surface area contributed by atoms with Gasteiger partial charge in [0.25, 0.3) is 0 Å². The van der Waals surface area contributed by atoms with Gasteiger partial charge in [-0.2, -0.15) is 18.4 Å². The smallest absolute Gasteiger partial charge is 0.358 e. The Morgan fingerprint density at radius 3 is 2.71 bits per heavy atom. The minimum atomic E-state index is -4.48. The summed E-state index contributed by atoms with van der Waals surface area (Å²) in [6.07, 6.45) is -4.48. The van der Waals surface area contributed by atoms with Crippen molar-refractivity contribution in [3.63, 3.8) is 0 Å². The zero-order chi connectivity index (χ0) is 20.1. The highest BCUT2D eigenvalue weighted by atomic mass is 32.1. The number of aromatic amines is 1. The summed E-state index contributed by atoms with van der Waals surface area (Å²) in [5.74, 6) is -1.61. The van der Waals surface area contributed by atoms with Crippen LogP contribution in [0.15, 0.2) is 42.5 Å². The highest BCUT2D eigenvalue weighted by Crippen LogP contribution is 2.36. The molecule has 0 aliphatic heterocycles. The first-order chi connectivity index (χ1) is 13.3. The second-order valence-electron chi connectivity index (χ2n) is 6.33. The summed E-state index contributed by atoms with van der Waals surface area (Å²) in [7, 11) is 0. The van der Waals surface area contributed by atoms with Gasteiger partial charge in [0.05, 0.1) is 21.8 Å². The fraction of sp³-hybridized carbons (Fsp3) is 0.150. The highest BCUT2D eigenvalue weighted by Gasteiger charge is 2.32. The number of aromatic nitrogens is 2. The number of ketones is 1. The fourth-order valence-corrected chi connectivity index (χ4v) is 4.20. The SMILES string of the molecule is Cc1[nH]c2ccccc2c1C(=O)[C@@H](C#N)c1nc2cc(C(F)(F)F)ccc2s1. The summed E-state index contributed by atoms with van der Waals surface area (Å²) in [4.78, 5) is 20.4. The Morgan fingerprint density at radius 2 is 2.00 bits per heavy atom. The normalized spacial score (nSPS) is 13.0. The van der Waals surface area contributed by atoms with Crippen LogP contribution in [0.25, 0.3) is 21.1 Å². The Balaban J connectivity index is 1.79. The predicted molar refractivity (Wildman–Crippen MR) is 100 cm³/mol. The lowest BCUT2D eigenvalue weighted by molar-refractivity contribution is -0.137. The number of alkyl halides is 3.